The lowest BCUT2D eigenvalue weighted by molar-refractivity contribution is -0.109. The fraction of sp³-hybridized carbons (Fsp3) is 0.300. The van der Waals surface area contributed by atoms with Crippen LogP contribution in [0.25, 0.3) is 0 Å². The molecule has 0 bridgehead atoms. The number of fused-ring (bicyclic) bond motifs is 1. The summed E-state index contributed by atoms with van der Waals surface area (Å²) < 4.78 is 5.40. The molecule has 1 aliphatic heterocycles. The number of anilines is 1. The third-order valence-corrected chi connectivity index (χ3v) is 2.28. The Morgan fingerprint density at radius 3 is 3.15 bits per heavy atom. The van der Waals surface area contributed by atoms with Crippen LogP contribution in [0.2, 0.25) is 0 Å². The van der Waals surface area contributed by atoms with Crippen LogP contribution in [0.15, 0.2) is 18.2 Å². The molecule has 0 radical (unpaired) electrons. The molecule has 1 unspecified atom stereocenters. The van der Waals surface area contributed by atoms with Crippen LogP contribution in [-0.2, 0) is 4.79 Å². The molecule has 0 spiro atoms. The molecule has 2 rings (SSSR count). The van der Waals surface area contributed by atoms with Gasteiger partial charge in [0.2, 0.25) is 0 Å². The Balaban J connectivity index is 2.47. The molecule has 68 valence electrons. The number of aldehydes is 1. The maximum absolute atomic E-state index is 10.7. The summed E-state index contributed by atoms with van der Waals surface area (Å²) in [6.07, 6.45) is 1.71. The van der Waals surface area contributed by atoms with Gasteiger partial charge in [0.05, 0.1) is 6.61 Å². The Morgan fingerprint density at radius 1 is 1.54 bits per heavy atom. The van der Waals surface area contributed by atoms with Crippen LogP contribution in [0, 0.1) is 0 Å². The molecular formula is C10H11NO2. The molecule has 0 amide bonds. The second kappa shape index (κ2) is 3.09. The number of carbonyl (C=O) groups excluding carboxylic acids is 1. The van der Waals surface area contributed by atoms with Gasteiger partial charge in [-0.05, 0) is 24.6 Å². The standard InChI is InChI=1S/C10H11NO2/c11-8-1-2-10-9(5-8)7(6-12)3-4-13-10/h1-2,5-7H,3-4,11H2. The highest BCUT2D eigenvalue weighted by atomic mass is 16.5. The zero-order chi connectivity index (χ0) is 9.26. The van der Waals surface area contributed by atoms with Crippen LogP contribution in [-0.4, -0.2) is 12.9 Å². The molecule has 0 saturated heterocycles. The van der Waals surface area contributed by atoms with Crippen molar-refractivity contribution < 1.29 is 9.53 Å². The minimum atomic E-state index is -0.0488. The molecule has 13 heavy (non-hydrogen) atoms. The summed E-state index contributed by atoms with van der Waals surface area (Å²) in [6, 6.07) is 5.42. The average molecular weight is 177 g/mol. The molecule has 0 saturated carbocycles. The first kappa shape index (κ1) is 8.10. The number of nitrogens with two attached hydrogens (primary N) is 1. The smallest absolute Gasteiger partial charge is 0.127 e. The van der Waals surface area contributed by atoms with Gasteiger partial charge in [0.1, 0.15) is 12.0 Å². The summed E-state index contributed by atoms with van der Waals surface area (Å²) >= 11 is 0. The lowest BCUT2D eigenvalue weighted by atomic mass is 9.94. The summed E-state index contributed by atoms with van der Waals surface area (Å²) in [6.45, 7) is 0.611. The van der Waals surface area contributed by atoms with Crippen LogP contribution in [0.1, 0.15) is 17.9 Å². The molecule has 0 aromatic heterocycles. The van der Waals surface area contributed by atoms with Gasteiger partial charge in [-0.15, -0.1) is 0 Å². The lowest BCUT2D eigenvalue weighted by Gasteiger charge is -2.22. The van der Waals surface area contributed by atoms with Crippen molar-refractivity contribution in [2.75, 3.05) is 12.3 Å². The van der Waals surface area contributed by atoms with E-state index in [9.17, 15) is 4.79 Å². The van der Waals surface area contributed by atoms with Gasteiger partial charge < -0.3 is 15.3 Å². The zero-order valence-electron chi connectivity index (χ0n) is 7.19. The fourth-order valence-corrected chi connectivity index (χ4v) is 1.58. The van der Waals surface area contributed by atoms with Crippen LogP contribution in [0.3, 0.4) is 0 Å². The summed E-state index contributed by atoms with van der Waals surface area (Å²) in [7, 11) is 0. The first-order chi connectivity index (χ1) is 6.31. The number of benzene rings is 1. The van der Waals surface area contributed by atoms with Crippen molar-refractivity contribution in [3.8, 4) is 5.75 Å². The lowest BCUT2D eigenvalue weighted by Crippen LogP contribution is -2.15. The second-order valence-corrected chi connectivity index (χ2v) is 3.18. The largest absolute Gasteiger partial charge is 0.493 e. The molecule has 3 nitrogen and oxygen atoms in total. The third kappa shape index (κ3) is 1.37. The van der Waals surface area contributed by atoms with Crippen LogP contribution in [0.4, 0.5) is 5.69 Å². The second-order valence-electron chi connectivity index (χ2n) is 3.18. The maximum Gasteiger partial charge on any atom is 0.127 e. The van der Waals surface area contributed by atoms with Crippen LogP contribution in [0.5, 0.6) is 5.75 Å². The molecule has 0 fully saturated rings. The Kier molecular flexibility index (Phi) is 1.93. The van der Waals surface area contributed by atoms with E-state index in [1.54, 1.807) is 6.07 Å². The third-order valence-electron chi connectivity index (χ3n) is 2.28. The number of nitrogen functional groups attached to an aromatic ring is 1. The minimum Gasteiger partial charge on any atom is -0.493 e. The van der Waals surface area contributed by atoms with Gasteiger partial charge in [0.25, 0.3) is 0 Å². The number of hydrogen-bond donors (Lipinski definition) is 1. The van der Waals surface area contributed by atoms with E-state index in [0.29, 0.717) is 12.3 Å². The van der Waals surface area contributed by atoms with Crippen molar-refractivity contribution in [1.82, 2.24) is 0 Å². The van der Waals surface area contributed by atoms with Gasteiger partial charge >= 0.3 is 0 Å². The van der Waals surface area contributed by atoms with Crippen LogP contribution < -0.4 is 10.5 Å². The predicted octanol–water partition coefficient (Wildman–Crippen LogP) is 1.33. The summed E-state index contributed by atoms with van der Waals surface area (Å²) in [5, 5.41) is 0. The topological polar surface area (TPSA) is 52.3 Å². The Bertz CT molecular complexity index is 336. The fourth-order valence-electron chi connectivity index (χ4n) is 1.58. The number of rotatable bonds is 1. The Labute approximate surface area is 76.5 Å². The molecule has 2 N–H and O–H groups in total. The quantitative estimate of drug-likeness (QED) is 0.520. The van der Waals surface area contributed by atoms with Gasteiger partial charge in [0.15, 0.2) is 0 Å². The molecule has 0 aliphatic carbocycles. The SMILES string of the molecule is Nc1ccc2c(c1)C(C=O)CCO2. The van der Waals surface area contributed by atoms with Gasteiger partial charge in [-0.25, -0.2) is 0 Å². The zero-order valence-corrected chi connectivity index (χ0v) is 7.19. The first-order valence-electron chi connectivity index (χ1n) is 4.29. The summed E-state index contributed by atoms with van der Waals surface area (Å²) in [5.41, 5.74) is 7.22. The molecular weight excluding hydrogens is 166 g/mol. The number of hydrogen-bond acceptors (Lipinski definition) is 3. The highest BCUT2D eigenvalue weighted by molar-refractivity contribution is 5.67. The van der Waals surface area contributed by atoms with Crippen LogP contribution >= 0.6 is 0 Å². The monoisotopic (exact) mass is 177 g/mol. The van der Waals surface area contributed by atoms with E-state index in [4.69, 9.17) is 10.5 Å². The molecule has 1 aliphatic rings. The van der Waals surface area contributed by atoms with E-state index in [1.807, 2.05) is 12.1 Å². The minimum absolute atomic E-state index is 0.0488. The molecule has 1 aromatic carbocycles. The van der Waals surface area contributed by atoms with Crippen molar-refractivity contribution in [3.63, 3.8) is 0 Å². The van der Waals surface area contributed by atoms with E-state index in [1.165, 1.54) is 0 Å². The first-order valence-corrected chi connectivity index (χ1v) is 4.29. The predicted molar refractivity (Wildman–Crippen MR) is 49.8 cm³/mol. The highest BCUT2D eigenvalue weighted by Gasteiger charge is 2.20. The Hall–Kier alpha value is -1.51. The van der Waals surface area contributed by atoms with Gasteiger partial charge in [-0.2, -0.15) is 0 Å². The van der Waals surface area contributed by atoms with Gasteiger partial charge in [-0.1, -0.05) is 0 Å². The van der Waals surface area contributed by atoms with E-state index in [0.717, 1.165) is 24.0 Å². The molecule has 1 aromatic rings. The normalized spacial score (nSPS) is 20.2. The van der Waals surface area contributed by atoms with Gasteiger partial charge in [-0.3, -0.25) is 0 Å². The molecule has 1 heterocycles. The van der Waals surface area contributed by atoms with E-state index < -0.39 is 0 Å². The van der Waals surface area contributed by atoms with Crippen molar-refractivity contribution in [2.24, 2.45) is 0 Å². The van der Waals surface area contributed by atoms with E-state index in [-0.39, 0.29) is 5.92 Å². The summed E-state index contributed by atoms with van der Waals surface area (Å²) in [4.78, 5) is 10.7. The van der Waals surface area contributed by atoms with Crippen molar-refractivity contribution in [3.05, 3.63) is 23.8 Å². The van der Waals surface area contributed by atoms with E-state index in [2.05, 4.69) is 0 Å². The maximum atomic E-state index is 10.7. The van der Waals surface area contributed by atoms with Crippen molar-refractivity contribution >= 4 is 12.0 Å². The average Bonchev–Trinajstić information content (AvgIpc) is 2.17. The summed E-state index contributed by atoms with van der Waals surface area (Å²) in [5.74, 6) is 0.741. The van der Waals surface area contributed by atoms with E-state index >= 15 is 0 Å². The number of ether oxygens (including phenoxy) is 1. The Morgan fingerprint density at radius 2 is 2.38 bits per heavy atom. The molecule has 1 atom stereocenters. The molecule has 3 heteroatoms. The number of carbonyl (C=O) groups is 1. The highest BCUT2D eigenvalue weighted by Crippen LogP contribution is 2.33. The van der Waals surface area contributed by atoms with Crippen molar-refractivity contribution in [2.45, 2.75) is 12.3 Å². The van der Waals surface area contributed by atoms with Gasteiger partial charge in [0, 0.05) is 17.2 Å². The van der Waals surface area contributed by atoms with Crippen molar-refractivity contribution in [1.29, 1.82) is 0 Å².